The van der Waals surface area contributed by atoms with Gasteiger partial charge < -0.3 is 20.4 Å². The number of aliphatic hydroxyl groups is 4. The summed E-state index contributed by atoms with van der Waals surface area (Å²) in [6.07, 6.45) is -0.443. The van der Waals surface area contributed by atoms with Crippen molar-refractivity contribution in [3.8, 4) is 11.3 Å². The lowest BCUT2D eigenvalue weighted by atomic mass is 9.60. The number of aromatic nitrogens is 3. The Morgan fingerprint density at radius 3 is 2.38 bits per heavy atom. The van der Waals surface area contributed by atoms with E-state index in [9.17, 15) is 33.6 Å². The van der Waals surface area contributed by atoms with Crippen LogP contribution in [-0.4, -0.2) is 70.8 Å². The molecule has 1 aliphatic heterocycles. The van der Waals surface area contributed by atoms with Crippen molar-refractivity contribution in [1.29, 1.82) is 0 Å². The lowest BCUT2D eigenvalue weighted by Gasteiger charge is -2.59. The maximum atomic E-state index is 13.8. The average Bonchev–Trinajstić information content (AvgIpc) is 3.38. The quantitative estimate of drug-likeness (QED) is 0.231. The van der Waals surface area contributed by atoms with Crippen LogP contribution in [0, 0.1) is 36.2 Å². The maximum Gasteiger partial charge on any atom is 0.194 e. The zero-order valence-electron chi connectivity index (χ0n) is 21.9. The van der Waals surface area contributed by atoms with Crippen molar-refractivity contribution in [2.24, 2.45) is 11.8 Å². The first-order valence-corrected chi connectivity index (χ1v) is 14.7. The molecule has 11 heteroatoms. The van der Waals surface area contributed by atoms with Gasteiger partial charge >= 0.3 is 0 Å². The first-order valence-electron chi connectivity index (χ1n) is 13.0. The molecule has 1 saturated carbocycles. The van der Waals surface area contributed by atoms with E-state index in [2.05, 4.69) is 17.2 Å². The van der Waals surface area contributed by atoms with E-state index in [0.29, 0.717) is 12.3 Å². The zero-order chi connectivity index (χ0) is 28.2. The molecule has 212 valence electrons. The first kappa shape index (κ1) is 28.1. The minimum atomic E-state index is -1.59. The molecule has 4 N–H and O–H groups in total. The molecule has 0 amide bonds. The molecule has 0 spiro atoms. The van der Waals surface area contributed by atoms with Gasteiger partial charge in [0.15, 0.2) is 17.5 Å². The average molecular weight is 566 g/mol. The van der Waals surface area contributed by atoms with Crippen LogP contribution in [0.4, 0.5) is 13.2 Å². The van der Waals surface area contributed by atoms with Gasteiger partial charge in [-0.3, -0.25) is 0 Å². The number of nitrogens with zero attached hydrogens (tertiary/aromatic N) is 3. The van der Waals surface area contributed by atoms with Crippen molar-refractivity contribution in [1.82, 2.24) is 15.0 Å². The molecule has 3 aromatic rings. The van der Waals surface area contributed by atoms with Gasteiger partial charge in [-0.25, -0.2) is 28.7 Å². The molecule has 2 fully saturated rings. The standard InChI is InChI=1S/C28H34F3N3O4S/c1-14-6-4-5-7-18(14)27(28(38)10-15(2)16(28)3)39-13-22(36)25(26(37)23(39)12-35)34-11-21(32-33-34)17-8-19(29)24(31)20(30)9-17/h4-9,11,15-16,22-23,25-27,35-39H,10,12-13H2,1-3H3/t15-,16+,22+,23-,25+,26+,27-,28?/m1/s1. The predicted octanol–water partition coefficient (Wildman–Crippen LogP) is 3.46. The van der Waals surface area contributed by atoms with E-state index in [0.717, 1.165) is 23.3 Å². The molecule has 1 aromatic heterocycles. The first-order chi connectivity index (χ1) is 18.5. The number of thiol groups is 1. The third-order valence-electron chi connectivity index (χ3n) is 8.82. The van der Waals surface area contributed by atoms with Gasteiger partial charge in [0.25, 0.3) is 0 Å². The molecule has 1 aliphatic carbocycles. The molecule has 0 bridgehead atoms. The number of rotatable bonds is 6. The molecule has 0 radical (unpaired) electrons. The fraction of sp³-hybridized carbons (Fsp3) is 0.500. The third kappa shape index (κ3) is 4.67. The summed E-state index contributed by atoms with van der Waals surface area (Å²) in [5.41, 5.74) is 0.879. The van der Waals surface area contributed by atoms with Crippen LogP contribution in [0.2, 0.25) is 0 Å². The highest BCUT2D eigenvalue weighted by atomic mass is 32.2. The summed E-state index contributed by atoms with van der Waals surface area (Å²) < 4.78 is 42.2. The van der Waals surface area contributed by atoms with Crippen molar-refractivity contribution >= 4 is 10.9 Å². The van der Waals surface area contributed by atoms with Gasteiger partial charge in [0.1, 0.15) is 11.7 Å². The molecule has 1 saturated heterocycles. The van der Waals surface area contributed by atoms with Crippen LogP contribution in [0.25, 0.3) is 11.3 Å². The Labute approximate surface area is 227 Å². The van der Waals surface area contributed by atoms with E-state index in [1.807, 2.05) is 38.1 Å². The van der Waals surface area contributed by atoms with E-state index in [-0.39, 0.29) is 34.8 Å². The van der Waals surface area contributed by atoms with Gasteiger partial charge in [-0.2, -0.15) is 0 Å². The molecular weight excluding hydrogens is 531 g/mol. The monoisotopic (exact) mass is 565 g/mol. The number of halogens is 3. The van der Waals surface area contributed by atoms with Gasteiger partial charge in [0.2, 0.25) is 0 Å². The molecule has 2 unspecified atom stereocenters. The van der Waals surface area contributed by atoms with Crippen LogP contribution < -0.4 is 0 Å². The second-order valence-corrected chi connectivity index (χ2v) is 13.6. The van der Waals surface area contributed by atoms with E-state index in [4.69, 9.17) is 0 Å². The summed E-state index contributed by atoms with van der Waals surface area (Å²) in [5.74, 6) is -3.81. The van der Waals surface area contributed by atoms with Gasteiger partial charge in [-0.15, -0.1) is 5.10 Å². The highest BCUT2D eigenvalue weighted by Gasteiger charge is 2.58. The molecule has 5 rings (SSSR count). The molecule has 9 atom stereocenters. The predicted molar refractivity (Wildman–Crippen MR) is 143 cm³/mol. The van der Waals surface area contributed by atoms with Gasteiger partial charge in [-0.05, 0) is 48.4 Å². The topological polar surface area (TPSA) is 112 Å². The second kappa shape index (κ2) is 10.5. The van der Waals surface area contributed by atoms with Crippen LogP contribution in [0.1, 0.15) is 42.7 Å². The lowest BCUT2D eigenvalue weighted by molar-refractivity contribution is -0.127. The minimum Gasteiger partial charge on any atom is -0.395 e. The van der Waals surface area contributed by atoms with Crippen LogP contribution in [0.5, 0.6) is 0 Å². The Morgan fingerprint density at radius 2 is 1.79 bits per heavy atom. The van der Waals surface area contributed by atoms with E-state index >= 15 is 0 Å². The van der Waals surface area contributed by atoms with Crippen LogP contribution >= 0.6 is 10.9 Å². The van der Waals surface area contributed by atoms with Gasteiger partial charge in [0.05, 0.1) is 30.6 Å². The fourth-order valence-electron chi connectivity index (χ4n) is 6.41. The summed E-state index contributed by atoms with van der Waals surface area (Å²) in [6, 6.07) is 8.37. The van der Waals surface area contributed by atoms with E-state index in [1.165, 1.54) is 10.9 Å². The summed E-state index contributed by atoms with van der Waals surface area (Å²) in [7, 11) is -1.33. The SMILES string of the molecule is Cc1ccccc1[C@@H]([SH]1C[C@H](O)[C@H](n2cc(-c3cc(F)c(F)c(F)c3)nn2)[C@@H](O)[C@H]1CO)C1(O)C[C@@H](C)[C@@H]1C. The Kier molecular flexibility index (Phi) is 7.58. The summed E-state index contributed by atoms with van der Waals surface area (Å²) in [4.78, 5) is 0. The normalized spacial score (nSPS) is 34.5. The molecule has 39 heavy (non-hydrogen) atoms. The van der Waals surface area contributed by atoms with Gasteiger partial charge in [-0.1, -0.05) is 43.3 Å². The second-order valence-electron chi connectivity index (χ2n) is 11.1. The Hall–Kier alpha value is -2.44. The smallest absolute Gasteiger partial charge is 0.194 e. The third-order valence-corrected chi connectivity index (χ3v) is 12.3. The minimum absolute atomic E-state index is 0.00895. The van der Waals surface area contributed by atoms with E-state index in [1.54, 1.807) is 0 Å². The summed E-state index contributed by atoms with van der Waals surface area (Å²) in [5, 5.41) is 52.2. The number of hydrogen-bond donors (Lipinski definition) is 5. The number of benzene rings is 2. The van der Waals surface area contributed by atoms with E-state index < -0.39 is 57.4 Å². The number of aliphatic hydroxyl groups excluding tert-OH is 3. The molecule has 2 aliphatic rings. The largest absolute Gasteiger partial charge is 0.395 e. The van der Waals surface area contributed by atoms with Crippen molar-refractivity contribution in [2.75, 3.05) is 12.4 Å². The fourth-order valence-corrected chi connectivity index (χ4v) is 10.3. The van der Waals surface area contributed by atoms with Crippen molar-refractivity contribution in [3.05, 3.63) is 71.2 Å². The number of hydrogen-bond acceptors (Lipinski definition) is 6. The Morgan fingerprint density at radius 1 is 1.13 bits per heavy atom. The lowest BCUT2D eigenvalue weighted by Crippen LogP contribution is -2.59. The van der Waals surface area contributed by atoms with Crippen LogP contribution in [0.3, 0.4) is 0 Å². The van der Waals surface area contributed by atoms with Crippen LogP contribution in [-0.2, 0) is 0 Å². The molecule has 2 heterocycles. The number of aryl methyl sites for hydroxylation is 1. The highest BCUT2D eigenvalue weighted by molar-refractivity contribution is 8.18. The van der Waals surface area contributed by atoms with Crippen molar-refractivity contribution in [2.45, 2.75) is 61.5 Å². The van der Waals surface area contributed by atoms with Crippen molar-refractivity contribution in [3.63, 3.8) is 0 Å². The Balaban J connectivity index is 1.49. The maximum absolute atomic E-state index is 13.8. The van der Waals surface area contributed by atoms with Gasteiger partial charge in [0, 0.05) is 21.8 Å². The zero-order valence-corrected chi connectivity index (χ0v) is 22.8. The highest BCUT2D eigenvalue weighted by Crippen LogP contribution is 2.64. The summed E-state index contributed by atoms with van der Waals surface area (Å²) >= 11 is 0. The summed E-state index contributed by atoms with van der Waals surface area (Å²) in [6.45, 7) is 5.71. The molecule has 7 nitrogen and oxygen atoms in total. The molecule has 2 aromatic carbocycles. The Bertz CT molecular complexity index is 1340. The van der Waals surface area contributed by atoms with Crippen LogP contribution in [0.15, 0.2) is 42.6 Å². The molecular formula is C28H34F3N3O4S. The van der Waals surface area contributed by atoms with Crippen molar-refractivity contribution < 1.29 is 33.6 Å².